The molecule has 6 heteroatoms. The Kier molecular flexibility index (Phi) is 3.78. The van der Waals surface area contributed by atoms with Gasteiger partial charge in [-0.3, -0.25) is 4.98 Å². The first kappa shape index (κ1) is 12.4. The Morgan fingerprint density at radius 1 is 1.56 bits per heavy atom. The molecule has 0 amide bonds. The molecule has 0 atom stereocenters. The average Bonchev–Trinajstić information content (AvgIpc) is 2.88. The number of thiazole rings is 1. The molecule has 0 aliphatic heterocycles. The zero-order valence-electron chi connectivity index (χ0n) is 9.71. The van der Waals surface area contributed by atoms with Gasteiger partial charge in [0.25, 0.3) is 0 Å². The summed E-state index contributed by atoms with van der Waals surface area (Å²) in [6.45, 7) is 0.540. The highest BCUT2D eigenvalue weighted by atomic mass is 32.1. The number of hydrogen-bond acceptors (Lipinski definition) is 5. The molecule has 0 aliphatic rings. The van der Waals surface area contributed by atoms with Gasteiger partial charge in [0.1, 0.15) is 5.75 Å². The van der Waals surface area contributed by atoms with Crippen molar-refractivity contribution in [2.24, 2.45) is 0 Å². The maximum atomic E-state index is 11.1. The zero-order chi connectivity index (χ0) is 13.0. The molecule has 0 aliphatic carbocycles. The number of hydrogen-bond donors (Lipinski definition) is 2. The number of carbonyl (C=O) groups is 1. The summed E-state index contributed by atoms with van der Waals surface area (Å²) in [5.41, 5.74) is 2.50. The Morgan fingerprint density at radius 2 is 2.39 bits per heavy atom. The van der Waals surface area contributed by atoms with Crippen LogP contribution in [-0.2, 0) is 6.54 Å². The summed E-state index contributed by atoms with van der Waals surface area (Å²) in [5.74, 6) is -0.351. The Hall–Kier alpha value is -2.08. The molecule has 2 N–H and O–H groups in total. The second-order valence-corrected chi connectivity index (χ2v) is 4.51. The molecule has 18 heavy (non-hydrogen) atoms. The molecule has 5 nitrogen and oxygen atoms in total. The van der Waals surface area contributed by atoms with Crippen LogP contribution in [0.15, 0.2) is 29.9 Å². The smallest absolute Gasteiger partial charge is 0.337 e. The van der Waals surface area contributed by atoms with Gasteiger partial charge in [-0.15, -0.1) is 11.3 Å². The lowest BCUT2D eigenvalue weighted by Gasteiger charge is -2.10. The van der Waals surface area contributed by atoms with Gasteiger partial charge in [-0.2, -0.15) is 0 Å². The molecule has 1 aromatic carbocycles. The number of carboxylic acid groups (broad SMARTS) is 1. The summed E-state index contributed by atoms with van der Waals surface area (Å²) >= 11 is 1.51. The predicted molar refractivity (Wildman–Crippen MR) is 69.4 cm³/mol. The number of methoxy groups -OCH3 is 1. The lowest BCUT2D eigenvalue weighted by molar-refractivity contribution is 0.0698. The molecule has 0 fully saturated rings. The van der Waals surface area contributed by atoms with Gasteiger partial charge in [0, 0.05) is 17.1 Å². The van der Waals surface area contributed by atoms with Crippen LogP contribution in [0.1, 0.15) is 15.2 Å². The third-order valence-corrected chi connectivity index (χ3v) is 3.17. The van der Waals surface area contributed by atoms with Gasteiger partial charge in [-0.05, 0) is 12.1 Å². The Balaban J connectivity index is 2.20. The van der Waals surface area contributed by atoms with Crippen LogP contribution in [0.2, 0.25) is 0 Å². The van der Waals surface area contributed by atoms with Crippen LogP contribution in [0.25, 0.3) is 0 Å². The number of aromatic carboxylic acids is 1. The average molecular weight is 264 g/mol. The highest BCUT2D eigenvalue weighted by Gasteiger charge is 2.11. The van der Waals surface area contributed by atoms with Crippen LogP contribution in [0, 0.1) is 0 Å². The van der Waals surface area contributed by atoms with Crippen LogP contribution in [0.4, 0.5) is 5.69 Å². The number of benzene rings is 1. The van der Waals surface area contributed by atoms with E-state index in [1.54, 1.807) is 30.9 Å². The number of rotatable bonds is 5. The number of anilines is 1. The van der Waals surface area contributed by atoms with Crippen LogP contribution in [0.5, 0.6) is 5.75 Å². The van der Waals surface area contributed by atoms with E-state index in [1.807, 2.05) is 0 Å². The number of nitrogens with zero attached hydrogens (tertiary/aromatic N) is 1. The number of aromatic nitrogens is 1. The van der Waals surface area contributed by atoms with Crippen LogP contribution in [0.3, 0.4) is 0 Å². The number of ether oxygens (including phenoxy) is 1. The fraction of sp³-hybridized carbons (Fsp3) is 0.167. The third-order valence-electron chi connectivity index (χ3n) is 2.39. The molecule has 0 bridgehead atoms. The topological polar surface area (TPSA) is 71.5 Å². The Morgan fingerprint density at radius 3 is 3.00 bits per heavy atom. The van der Waals surface area contributed by atoms with E-state index in [4.69, 9.17) is 9.84 Å². The van der Waals surface area contributed by atoms with E-state index in [0.717, 1.165) is 4.88 Å². The second-order valence-electron chi connectivity index (χ2n) is 3.54. The summed E-state index contributed by atoms with van der Waals surface area (Å²) < 4.78 is 5.08. The van der Waals surface area contributed by atoms with Gasteiger partial charge >= 0.3 is 5.97 Å². The van der Waals surface area contributed by atoms with E-state index in [0.29, 0.717) is 18.0 Å². The van der Waals surface area contributed by atoms with Crippen molar-refractivity contribution in [1.82, 2.24) is 4.98 Å². The summed E-state index contributed by atoms with van der Waals surface area (Å²) in [5, 5.41) is 12.2. The quantitative estimate of drug-likeness (QED) is 0.868. The van der Waals surface area contributed by atoms with Crippen molar-refractivity contribution in [3.05, 3.63) is 40.3 Å². The van der Waals surface area contributed by atoms with E-state index < -0.39 is 5.97 Å². The zero-order valence-corrected chi connectivity index (χ0v) is 10.5. The van der Waals surface area contributed by atoms with Crippen molar-refractivity contribution < 1.29 is 14.6 Å². The van der Waals surface area contributed by atoms with Crippen molar-refractivity contribution in [2.75, 3.05) is 12.4 Å². The molecule has 0 radical (unpaired) electrons. The molecule has 0 spiro atoms. The molecule has 1 heterocycles. The molecule has 1 aromatic heterocycles. The monoisotopic (exact) mass is 264 g/mol. The van der Waals surface area contributed by atoms with Crippen LogP contribution < -0.4 is 10.1 Å². The molecular formula is C12H12N2O3S. The lowest BCUT2D eigenvalue weighted by atomic mass is 10.1. The standard InChI is InChI=1S/C12H12N2O3S/c1-17-8-2-3-10(12(15)16)11(4-8)14-6-9-5-13-7-18-9/h2-5,7,14H,6H2,1H3,(H,15,16). The molecule has 0 saturated carbocycles. The first-order valence-electron chi connectivity index (χ1n) is 5.23. The minimum Gasteiger partial charge on any atom is -0.497 e. The van der Waals surface area contributed by atoms with Crippen LogP contribution >= 0.6 is 11.3 Å². The SMILES string of the molecule is COc1ccc(C(=O)O)c(NCc2cncs2)c1. The maximum Gasteiger partial charge on any atom is 0.337 e. The number of nitrogens with one attached hydrogen (secondary N) is 1. The molecule has 0 unspecified atom stereocenters. The first-order chi connectivity index (χ1) is 8.70. The van der Waals surface area contributed by atoms with E-state index in [2.05, 4.69) is 10.3 Å². The van der Waals surface area contributed by atoms with Crippen molar-refractivity contribution in [2.45, 2.75) is 6.54 Å². The van der Waals surface area contributed by atoms with E-state index >= 15 is 0 Å². The maximum absolute atomic E-state index is 11.1. The van der Waals surface area contributed by atoms with Crippen molar-refractivity contribution in [3.63, 3.8) is 0 Å². The highest BCUT2D eigenvalue weighted by Crippen LogP contribution is 2.23. The van der Waals surface area contributed by atoms with Gasteiger partial charge < -0.3 is 15.2 Å². The number of carboxylic acids is 1. The summed E-state index contributed by atoms with van der Waals surface area (Å²) in [4.78, 5) is 16.1. The van der Waals surface area contributed by atoms with Gasteiger partial charge in [0.2, 0.25) is 0 Å². The molecule has 94 valence electrons. The molecule has 0 saturated heterocycles. The molecular weight excluding hydrogens is 252 g/mol. The Labute approximate surface area is 108 Å². The van der Waals surface area contributed by atoms with Gasteiger partial charge in [-0.25, -0.2) is 4.79 Å². The highest BCUT2D eigenvalue weighted by molar-refractivity contribution is 7.09. The van der Waals surface area contributed by atoms with Crippen molar-refractivity contribution in [1.29, 1.82) is 0 Å². The third kappa shape index (κ3) is 2.78. The van der Waals surface area contributed by atoms with Crippen molar-refractivity contribution >= 4 is 23.0 Å². The molecule has 2 aromatic rings. The summed E-state index contributed by atoms with van der Waals surface area (Å²) in [7, 11) is 1.54. The predicted octanol–water partition coefficient (Wildman–Crippen LogP) is 2.46. The van der Waals surface area contributed by atoms with E-state index in [1.165, 1.54) is 17.4 Å². The normalized spacial score (nSPS) is 10.1. The summed E-state index contributed by atoms with van der Waals surface area (Å²) in [6.07, 6.45) is 1.75. The van der Waals surface area contributed by atoms with Crippen molar-refractivity contribution in [3.8, 4) is 5.75 Å². The fourth-order valence-corrected chi connectivity index (χ4v) is 2.03. The minimum absolute atomic E-state index is 0.223. The largest absolute Gasteiger partial charge is 0.497 e. The fourth-order valence-electron chi connectivity index (χ4n) is 1.49. The minimum atomic E-state index is -0.968. The molecule has 2 rings (SSSR count). The Bertz CT molecular complexity index is 540. The first-order valence-corrected chi connectivity index (χ1v) is 6.11. The van der Waals surface area contributed by atoms with Gasteiger partial charge in [0.05, 0.1) is 30.4 Å². The second kappa shape index (κ2) is 5.50. The van der Waals surface area contributed by atoms with Crippen LogP contribution in [-0.4, -0.2) is 23.2 Å². The van der Waals surface area contributed by atoms with Gasteiger partial charge in [-0.1, -0.05) is 0 Å². The summed E-state index contributed by atoms with van der Waals surface area (Å²) in [6, 6.07) is 4.82. The lowest BCUT2D eigenvalue weighted by Crippen LogP contribution is -2.06. The van der Waals surface area contributed by atoms with E-state index in [9.17, 15) is 4.79 Å². The van der Waals surface area contributed by atoms with E-state index in [-0.39, 0.29) is 5.56 Å². The van der Waals surface area contributed by atoms with Gasteiger partial charge in [0.15, 0.2) is 0 Å².